The molecule has 0 heterocycles. The zero-order chi connectivity index (χ0) is 18.6. The molecule has 0 bridgehead atoms. The highest BCUT2D eigenvalue weighted by Crippen LogP contribution is 2.27. The lowest BCUT2D eigenvalue weighted by Crippen LogP contribution is -2.17. The first kappa shape index (κ1) is 18.0. The molecular weight excluding hydrogens is 376 g/mol. The first-order valence-electron chi connectivity index (χ1n) is 7.47. The highest BCUT2D eigenvalue weighted by Gasteiger charge is 2.29. The van der Waals surface area contributed by atoms with Crippen LogP contribution in [0.3, 0.4) is 0 Å². The monoisotopic (exact) mass is 390 g/mol. The summed E-state index contributed by atoms with van der Waals surface area (Å²) >= 11 is 0. The van der Waals surface area contributed by atoms with E-state index in [0.717, 1.165) is 12.1 Å². The normalized spacial score (nSPS) is 11.7. The molecule has 0 saturated heterocycles. The molecule has 6 nitrogen and oxygen atoms in total. The van der Waals surface area contributed by atoms with Crippen LogP contribution in [-0.2, 0) is 20.2 Å². The third-order valence-electron chi connectivity index (χ3n) is 3.29. The molecule has 0 fully saturated rings. The van der Waals surface area contributed by atoms with E-state index >= 15 is 0 Å². The summed E-state index contributed by atoms with van der Waals surface area (Å²) in [6.07, 6.45) is 0. The van der Waals surface area contributed by atoms with Gasteiger partial charge in [-0.3, -0.25) is 0 Å². The van der Waals surface area contributed by atoms with Crippen molar-refractivity contribution >= 4 is 20.2 Å². The van der Waals surface area contributed by atoms with Gasteiger partial charge in [0, 0.05) is 0 Å². The van der Waals surface area contributed by atoms with E-state index in [-0.39, 0.29) is 11.5 Å². The second-order valence-electron chi connectivity index (χ2n) is 5.15. The van der Waals surface area contributed by atoms with Gasteiger partial charge in [0.1, 0.15) is 21.3 Å². The van der Waals surface area contributed by atoms with Crippen LogP contribution < -0.4 is 8.37 Å². The van der Waals surface area contributed by atoms with Crippen molar-refractivity contribution in [1.82, 2.24) is 0 Å². The van der Waals surface area contributed by atoms with E-state index < -0.39 is 30.0 Å². The molecule has 0 aliphatic rings. The zero-order valence-electron chi connectivity index (χ0n) is 13.3. The van der Waals surface area contributed by atoms with E-state index in [1.165, 1.54) is 36.4 Å². The van der Waals surface area contributed by atoms with E-state index in [4.69, 9.17) is 8.37 Å². The third-order valence-corrected chi connectivity index (χ3v) is 6.03. The van der Waals surface area contributed by atoms with Gasteiger partial charge in [0.2, 0.25) is 0 Å². The SMILES string of the molecule is O=S(=O)(Oc1ccccc1)c1ccccc1S(=O)(=O)Oc1ccccc1. The van der Waals surface area contributed by atoms with Gasteiger partial charge in [0.15, 0.2) is 0 Å². The summed E-state index contributed by atoms with van der Waals surface area (Å²) in [6.45, 7) is 0. The molecule has 0 N–H and O–H groups in total. The number of hydrogen-bond donors (Lipinski definition) is 0. The molecule has 3 aromatic rings. The molecule has 26 heavy (non-hydrogen) atoms. The lowest BCUT2D eigenvalue weighted by atomic mass is 10.3. The fraction of sp³-hybridized carbons (Fsp3) is 0. The first-order chi connectivity index (χ1) is 12.4. The summed E-state index contributed by atoms with van der Waals surface area (Å²) in [5, 5.41) is 0. The molecule has 3 aromatic carbocycles. The minimum absolute atomic E-state index is 0.0729. The minimum atomic E-state index is -4.38. The molecule has 0 amide bonds. The van der Waals surface area contributed by atoms with Crippen LogP contribution in [0.5, 0.6) is 11.5 Å². The fourth-order valence-electron chi connectivity index (χ4n) is 2.16. The molecule has 0 aliphatic carbocycles. The highest BCUT2D eigenvalue weighted by atomic mass is 32.2. The van der Waals surface area contributed by atoms with Gasteiger partial charge in [-0.15, -0.1) is 0 Å². The Balaban J connectivity index is 2.00. The average Bonchev–Trinajstić information content (AvgIpc) is 2.63. The maximum atomic E-state index is 12.6. The summed E-state index contributed by atoms with van der Waals surface area (Å²) < 4.78 is 60.4. The Hall–Kier alpha value is -2.84. The summed E-state index contributed by atoms with van der Waals surface area (Å²) in [4.78, 5) is -1.00. The van der Waals surface area contributed by atoms with Crippen LogP contribution in [0.4, 0.5) is 0 Å². The van der Waals surface area contributed by atoms with E-state index in [2.05, 4.69) is 0 Å². The molecule has 0 saturated carbocycles. The smallest absolute Gasteiger partial charge is 0.340 e. The second-order valence-corrected chi connectivity index (χ2v) is 8.18. The molecule has 0 atom stereocenters. The molecule has 0 radical (unpaired) electrons. The molecule has 134 valence electrons. The Kier molecular flexibility index (Phi) is 4.97. The summed E-state index contributed by atoms with van der Waals surface area (Å²) in [6, 6.07) is 20.7. The maximum absolute atomic E-state index is 12.6. The van der Waals surface area contributed by atoms with Crippen molar-refractivity contribution in [3.63, 3.8) is 0 Å². The second kappa shape index (κ2) is 7.19. The van der Waals surface area contributed by atoms with Crippen LogP contribution in [0.2, 0.25) is 0 Å². The standard InChI is InChI=1S/C18H14O6S2/c19-25(20,23-15-9-3-1-4-10-15)17-13-7-8-14-18(17)26(21,22)24-16-11-5-2-6-12-16/h1-14H. The maximum Gasteiger partial charge on any atom is 0.340 e. The highest BCUT2D eigenvalue weighted by molar-refractivity contribution is 7.90. The van der Waals surface area contributed by atoms with E-state index in [1.54, 1.807) is 36.4 Å². The van der Waals surface area contributed by atoms with Gasteiger partial charge >= 0.3 is 20.2 Å². The van der Waals surface area contributed by atoms with E-state index in [1.807, 2.05) is 0 Å². The van der Waals surface area contributed by atoms with Crippen LogP contribution in [0, 0.1) is 0 Å². The summed E-state index contributed by atoms with van der Waals surface area (Å²) in [5.74, 6) is 0.146. The lowest BCUT2D eigenvalue weighted by Gasteiger charge is -2.12. The average molecular weight is 390 g/mol. The Bertz CT molecular complexity index is 1000. The van der Waals surface area contributed by atoms with Crippen LogP contribution in [0.15, 0.2) is 94.7 Å². The fourth-order valence-corrected chi connectivity index (χ4v) is 4.80. The number of hydrogen-bond acceptors (Lipinski definition) is 6. The molecule has 0 unspecified atom stereocenters. The summed E-state index contributed by atoms with van der Waals surface area (Å²) in [5.41, 5.74) is 0. The van der Waals surface area contributed by atoms with Crippen molar-refractivity contribution in [3.8, 4) is 11.5 Å². The van der Waals surface area contributed by atoms with Gasteiger partial charge in [-0.1, -0.05) is 48.5 Å². The first-order valence-corrected chi connectivity index (χ1v) is 10.3. The van der Waals surface area contributed by atoms with E-state index in [0.29, 0.717) is 0 Å². The van der Waals surface area contributed by atoms with Crippen molar-refractivity contribution in [2.45, 2.75) is 9.79 Å². The molecule has 8 heteroatoms. The van der Waals surface area contributed by atoms with Crippen LogP contribution in [0.25, 0.3) is 0 Å². The van der Waals surface area contributed by atoms with Gasteiger partial charge in [-0.05, 0) is 36.4 Å². The molecular formula is C18H14O6S2. The van der Waals surface area contributed by atoms with Gasteiger partial charge in [0.25, 0.3) is 0 Å². The van der Waals surface area contributed by atoms with Gasteiger partial charge < -0.3 is 8.37 Å². The van der Waals surface area contributed by atoms with Crippen LogP contribution in [-0.4, -0.2) is 16.8 Å². The minimum Gasteiger partial charge on any atom is -0.379 e. The van der Waals surface area contributed by atoms with Crippen molar-refractivity contribution in [1.29, 1.82) is 0 Å². The molecule has 0 aromatic heterocycles. The van der Waals surface area contributed by atoms with Crippen LogP contribution in [0.1, 0.15) is 0 Å². The largest absolute Gasteiger partial charge is 0.379 e. The van der Waals surface area contributed by atoms with Gasteiger partial charge in [-0.25, -0.2) is 0 Å². The van der Waals surface area contributed by atoms with Gasteiger partial charge in [0.05, 0.1) is 0 Å². The number of benzene rings is 3. The Morgan fingerprint density at radius 1 is 0.462 bits per heavy atom. The molecule has 0 spiro atoms. The third kappa shape index (κ3) is 4.04. The molecule has 0 aliphatic heterocycles. The Labute approximate surface area is 151 Å². The Morgan fingerprint density at radius 2 is 0.769 bits per heavy atom. The predicted octanol–water partition coefficient (Wildman–Crippen LogP) is 3.22. The lowest BCUT2D eigenvalue weighted by molar-refractivity contribution is 0.470. The molecule has 3 rings (SSSR count). The number of rotatable bonds is 6. The Morgan fingerprint density at radius 3 is 1.12 bits per heavy atom. The van der Waals surface area contributed by atoms with Crippen molar-refractivity contribution in [3.05, 3.63) is 84.9 Å². The van der Waals surface area contributed by atoms with Gasteiger partial charge in [-0.2, -0.15) is 16.8 Å². The summed E-state index contributed by atoms with van der Waals surface area (Å²) in [7, 11) is -8.76. The quantitative estimate of drug-likeness (QED) is 0.601. The zero-order valence-corrected chi connectivity index (χ0v) is 15.0. The van der Waals surface area contributed by atoms with Crippen molar-refractivity contribution in [2.75, 3.05) is 0 Å². The van der Waals surface area contributed by atoms with Crippen LogP contribution >= 0.6 is 0 Å². The topological polar surface area (TPSA) is 86.7 Å². The van der Waals surface area contributed by atoms with Crippen molar-refractivity contribution < 1.29 is 25.2 Å². The number of para-hydroxylation sites is 2. The predicted molar refractivity (Wildman–Crippen MR) is 95.0 cm³/mol. The van der Waals surface area contributed by atoms with E-state index in [9.17, 15) is 16.8 Å². The van der Waals surface area contributed by atoms with Crippen molar-refractivity contribution in [2.24, 2.45) is 0 Å².